The van der Waals surface area contributed by atoms with Crippen molar-refractivity contribution in [2.24, 2.45) is 0 Å². The molecule has 1 aliphatic rings. The van der Waals surface area contributed by atoms with Crippen LogP contribution in [0.4, 0.5) is 0 Å². The van der Waals surface area contributed by atoms with E-state index >= 15 is 0 Å². The third-order valence-corrected chi connectivity index (χ3v) is 3.00. The van der Waals surface area contributed by atoms with Crippen LogP contribution in [0.15, 0.2) is 12.2 Å². The molecule has 0 N–H and O–H groups in total. The molecule has 0 heterocycles. The molecule has 0 saturated heterocycles. The molecule has 1 radical (unpaired) electrons. The van der Waals surface area contributed by atoms with E-state index in [9.17, 15) is 0 Å². The van der Waals surface area contributed by atoms with Gasteiger partial charge in [-0.1, -0.05) is 57.1 Å². The topological polar surface area (TPSA) is 0 Å². The van der Waals surface area contributed by atoms with E-state index in [1.807, 2.05) is 0 Å². The van der Waals surface area contributed by atoms with Gasteiger partial charge in [-0.25, -0.2) is 0 Å². The van der Waals surface area contributed by atoms with E-state index in [-0.39, 0.29) is 0 Å². The first-order valence-corrected chi connectivity index (χ1v) is 6.47. The average Bonchev–Trinajstić information content (AvgIpc) is 2.22. The summed E-state index contributed by atoms with van der Waals surface area (Å²) < 4.78 is 0. The number of hydrogen-bond donors (Lipinski definition) is 0. The fraction of sp³-hybridized carbons (Fsp3) is 0.786. The number of hydrogen-bond acceptors (Lipinski definition) is 0. The third-order valence-electron chi connectivity index (χ3n) is 3.00. The van der Waals surface area contributed by atoms with E-state index in [0.717, 1.165) is 0 Å². The molecule has 0 aromatic heterocycles. The van der Waals surface area contributed by atoms with Crippen molar-refractivity contribution < 1.29 is 0 Å². The molecule has 81 valence electrons. The Balaban J connectivity index is 2.09. The van der Waals surface area contributed by atoms with Crippen LogP contribution in [0, 0.1) is 6.42 Å². The summed E-state index contributed by atoms with van der Waals surface area (Å²) in [6.45, 7) is 0. The van der Waals surface area contributed by atoms with Crippen molar-refractivity contribution in [1.82, 2.24) is 0 Å². The average molecular weight is 193 g/mol. The molecule has 0 aromatic carbocycles. The first kappa shape index (κ1) is 11.8. The van der Waals surface area contributed by atoms with Crippen LogP contribution < -0.4 is 0 Å². The van der Waals surface area contributed by atoms with Gasteiger partial charge in [0, 0.05) is 0 Å². The highest BCUT2D eigenvalue weighted by Crippen LogP contribution is 2.13. The van der Waals surface area contributed by atoms with Crippen LogP contribution in [-0.2, 0) is 0 Å². The molecule has 14 heavy (non-hydrogen) atoms. The summed E-state index contributed by atoms with van der Waals surface area (Å²) in [5.74, 6) is 0. The number of rotatable bonds is 0. The van der Waals surface area contributed by atoms with Gasteiger partial charge in [-0.15, -0.1) is 0 Å². The molecule has 0 bridgehead atoms. The van der Waals surface area contributed by atoms with Crippen molar-refractivity contribution in [3.63, 3.8) is 0 Å². The second-order valence-electron chi connectivity index (χ2n) is 4.40. The largest absolute Gasteiger partial charge is 0.0885 e. The molecule has 1 rings (SSSR count). The molecule has 0 aliphatic heterocycles. The lowest BCUT2D eigenvalue weighted by molar-refractivity contribution is 0.566. The van der Waals surface area contributed by atoms with Gasteiger partial charge in [-0.3, -0.25) is 0 Å². The minimum atomic E-state index is 1.19. The van der Waals surface area contributed by atoms with E-state index in [1.165, 1.54) is 70.6 Å². The standard InChI is InChI=1S/C14H25/c1-2-4-6-8-10-12-14-13-11-9-7-5-3-1/h1-2,5H,3-4,6-14H2/b2-1-. The van der Waals surface area contributed by atoms with Gasteiger partial charge in [-0.2, -0.15) is 0 Å². The Kier molecular flexibility index (Phi) is 7.85. The van der Waals surface area contributed by atoms with E-state index < -0.39 is 0 Å². The van der Waals surface area contributed by atoms with Crippen LogP contribution in [0.25, 0.3) is 0 Å². The quantitative estimate of drug-likeness (QED) is 0.472. The summed E-state index contributed by atoms with van der Waals surface area (Å²) in [6.07, 6.45) is 22.5. The van der Waals surface area contributed by atoms with Crippen molar-refractivity contribution in [2.75, 3.05) is 0 Å². The summed E-state index contributed by atoms with van der Waals surface area (Å²) >= 11 is 0. The van der Waals surface area contributed by atoms with E-state index in [0.29, 0.717) is 0 Å². The van der Waals surface area contributed by atoms with Crippen LogP contribution in [0.2, 0.25) is 0 Å². The van der Waals surface area contributed by atoms with Crippen molar-refractivity contribution >= 4 is 0 Å². The smallest absolute Gasteiger partial charge is 0.0319 e. The van der Waals surface area contributed by atoms with Crippen LogP contribution in [0.3, 0.4) is 0 Å². The molecule has 0 atom stereocenters. The Bertz CT molecular complexity index is 119. The Hall–Kier alpha value is -0.260. The maximum atomic E-state index is 2.43. The lowest BCUT2D eigenvalue weighted by atomic mass is 10.0. The lowest BCUT2D eigenvalue weighted by Gasteiger charge is -2.02. The molecule has 0 aromatic rings. The monoisotopic (exact) mass is 193 g/mol. The first-order valence-electron chi connectivity index (χ1n) is 6.47. The highest BCUT2D eigenvalue weighted by molar-refractivity contribution is 4.86. The second kappa shape index (κ2) is 9.30. The van der Waals surface area contributed by atoms with E-state index in [2.05, 4.69) is 18.6 Å². The van der Waals surface area contributed by atoms with Crippen molar-refractivity contribution in [1.29, 1.82) is 0 Å². The molecule has 0 spiro atoms. The summed E-state index contributed by atoms with van der Waals surface area (Å²) in [5, 5.41) is 0. The zero-order valence-corrected chi connectivity index (χ0v) is 9.51. The van der Waals surface area contributed by atoms with Gasteiger partial charge >= 0.3 is 0 Å². The maximum absolute atomic E-state index is 2.43. The number of allylic oxidation sites excluding steroid dienone is 2. The zero-order valence-electron chi connectivity index (χ0n) is 9.51. The fourth-order valence-electron chi connectivity index (χ4n) is 2.04. The van der Waals surface area contributed by atoms with Crippen molar-refractivity contribution in [3.8, 4) is 0 Å². The van der Waals surface area contributed by atoms with Gasteiger partial charge in [-0.05, 0) is 32.1 Å². The highest BCUT2D eigenvalue weighted by atomic mass is 14.0. The minimum Gasteiger partial charge on any atom is -0.0885 e. The molecule has 0 nitrogen and oxygen atoms in total. The molecule has 0 unspecified atom stereocenters. The molecule has 0 fully saturated rings. The van der Waals surface area contributed by atoms with Gasteiger partial charge in [0.25, 0.3) is 0 Å². The summed E-state index contributed by atoms with van der Waals surface area (Å²) in [4.78, 5) is 0. The zero-order chi connectivity index (χ0) is 9.90. The summed E-state index contributed by atoms with van der Waals surface area (Å²) in [6, 6.07) is 0. The van der Waals surface area contributed by atoms with Crippen LogP contribution in [0.5, 0.6) is 0 Å². The normalized spacial score (nSPS) is 25.1. The molecular weight excluding hydrogens is 168 g/mol. The molecule has 1 aliphatic carbocycles. The fourth-order valence-corrected chi connectivity index (χ4v) is 2.04. The molecule has 0 saturated carbocycles. The SMILES string of the molecule is [CH]1C/C=C\CCCCCCCCCC1. The molecule has 0 amide bonds. The van der Waals surface area contributed by atoms with E-state index in [4.69, 9.17) is 0 Å². The molecule has 0 heteroatoms. The van der Waals surface area contributed by atoms with Gasteiger partial charge < -0.3 is 0 Å². The predicted molar refractivity (Wildman–Crippen MR) is 64.2 cm³/mol. The Morgan fingerprint density at radius 1 is 0.500 bits per heavy atom. The Labute approximate surface area is 89.8 Å². The second-order valence-corrected chi connectivity index (χ2v) is 4.40. The first-order chi connectivity index (χ1) is 7.00. The van der Waals surface area contributed by atoms with Crippen LogP contribution in [0.1, 0.15) is 70.6 Å². The van der Waals surface area contributed by atoms with Gasteiger partial charge in [0.1, 0.15) is 0 Å². The van der Waals surface area contributed by atoms with Crippen molar-refractivity contribution in [3.05, 3.63) is 18.6 Å². The van der Waals surface area contributed by atoms with Gasteiger partial charge in [0.2, 0.25) is 0 Å². The summed E-state index contributed by atoms with van der Waals surface area (Å²) in [7, 11) is 0. The minimum absolute atomic E-state index is 1.19. The Morgan fingerprint density at radius 3 is 1.79 bits per heavy atom. The Morgan fingerprint density at radius 2 is 1.07 bits per heavy atom. The summed E-state index contributed by atoms with van der Waals surface area (Å²) in [5.41, 5.74) is 0. The lowest BCUT2D eigenvalue weighted by Crippen LogP contribution is -1.83. The van der Waals surface area contributed by atoms with Crippen LogP contribution >= 0.6 is 0 Å². The van der Waals surface area contributed by atoms with E-state index in [1.54, 1.807) is 0 Å². The van der Waals surface area contributed by atoms with Crippen LogP contribution in [-0.4, -0.2) is 0 Å². The van der Waals surface area contributed by atoms with Gasteiger partial charge in [0.05, 0.1) is 0 Å². The predicted octanol–water partition coefficient (Wildman–Crippen LogP) is 5.05. The maximum Gasteiger partial charge on any atom is -0.0319 e. The van der Waals surface area contributed by atoms with Gasteiger partial charge in [0.15, 0.2) is 0 Å². The van der Waals surface area contributed by atoms with Crippen molar-refractivity contribution in [2.45, 2.75) is 70.6 Å². The highest BCUT2D eigenvalue weighted by Gasteiger charge is 1.93. The molecular formula is C14H25. The third kappa shape index (κ3) is 7.17.